The maximum absolute atomic E-state index is 13.2. The van der Waals surface area contributed by atoms with Gasteiger partial charge in [-0.2, -0.15) is 8.61 Å². The van der Waals surface area contributed by atoms with Crippen molar-refractivity contribution in [2.75, 3.05) is 32.7 Å². The van der Waals surface area contributed by atoms with Gasteiger partial charge in [0.25, 0.3) is 10.0 Å². The predicted octanol–water partition coefficient (Wildman–Crippen LogP) is 1.57. The molecule has 0 bridgehead atoms. The number of carbonyl (C=O) groups excluding carboxylic acids is 1. The molecule has 168 valence electrons. The highest BCUT2D eigenvalue weighted by molar-refractivity contribution is 7.91. The zero-order valence-corrected chi connectivity index (χ0v) is 19.0. The first kappa shape index (κ1) is 22.3. The second-order valence-corrected chi connectivity index (χ2v) is 12.4. The minimum atomic E-state index is -3.94. The lowest BCUT2D eigenvalue weighted by atomic mass is 10.2. The Labute approximate surface area is 185 Å². The molecule has 0 N–H and O–H groups in total. The van der Waals surface area contributed by atoms with E-state index in [1.165, 1.54) is 25.6 Å². The van der Waals surface area contributed by atoms with Crippen LogP contribution in [0.5, 0.6) is 0 Å². The maximum Gasteiger partial charge on any atom is 0.252 e. The van der Waals surface area contributed by atoms with Crippen LogP contribution < -0.4 is 0 Å². The molecule has 1 aromatic heterocycles. The number of sulfonamides is 2. The molecule has 3 heterocycles. The van der Waals surface area contributed by atoms with E-state index < -0.39 is 31.9 Å². The van der Waals surface area contributed by atoms with Gasteiger partial charge in [-0.15, -0.1) is 11.3 Å². The van der Waals surface area contributed by atoms with Crippen molar-refractivity contribution >= 4 is 37.3 Å². The highest BCUT2D eigenvalue weighted by Gasteiger charge is 2.42. The third kappa shape index (κ3) is 4.27. The molecular weight excluding hydrogens is 465 g/mol. The normalized spacial score (nSPS) is 21.5. The monoisotopic (exact) mass is 487 g/mol. The molecule has 0 saturated carbocycles. The first-order valence-electron chi connectivity index (χ1n) is 9.81. The summed E-state index contributed by atoms with van der Waals surface area (Å²) in [5, 5.41) is 1.70. The van der Waals surface area contributed by atoms with Gasteiger partial charge in [0.15, 0.2) is 0 Å². The van der Waals surface area contributed by atoms with Crippen molar-refractivity contribution in [2.45, 2.75) is 28.0 Å². The lowest BCUT2D eigenvalue weighted by Gasteiger charge is -2.36. The van der Waals surface area contributed by atoms with Crippen molar-refractivity contribution in [3.05, 3.63) is 47.6 Å². The van der Waals surface area contributed by atoms with Gasteiger partial charge >= 0.3 is 0 Å². The van der Waals surface area contributed by atoms with Crippen LogP contribution in [0, 0.1) is 5.82 Å². The summed E-state index contributed by atoms with van der Waals surface area (Å²) >= 11 is 1.15. The van der Waals surface area contributed by atoms with Gasteiger partial charge in [0.2, 0.25) is 15.9 Å². The minimum Gasteiger partial charge on any atom is -0.339 e. The van der Waals surface area contributed by atoms with Crippen molar-refractivity contribution in [1.29, 1.82) is 0 Å². The van der Waals surface area contributed by atoms with E-state index in [1.54, 1.807) is 17.5 Å². The molecule has 1 atom stereocenters. The lowest BCUT2D eigenvalue weighted by molar-refractivity contribution is -0.135. The number of thiophene rings is 1. The summed E-state index contributed by atoms with van der Waals surface area (Å²) in [6.07, 6.45) is 0.941. The average Bonchev–Trinajstić information content (AvgIpc) is 3.46. The zero-order chi connectivity index (χ0) is 22.2. The SMILES string of the molecule is O=C([C@@H]1CCCN1S(=O)(=O)c1ccc(F)cc1)N1CCN(S(=O)(=O)c2cccs2)CC1. The Balaban J connectivity index is 1.45. The summed E-state index contributed by atoms with van der Waals surface area (Å²) in [4.78, 5) is 14.6. The Bertz CT molecular complexity index is 1140. The number of nitrogens with zero attached hydrogens (tertiary/aromatic N) is 3. The van der Waals surface area contributed by atoms with Crippen LogP contribution in [0.4, 0.5) is 4.39 Å². The van der Waals surface area contributed by atoms with Crippen molar-refractivity contribution < 1.29 is 26.0 Å². The van der Waals surface area contributed by atoms with E-state index in [0.717, 1.165) is 23.5 Å². The van der Waals surface area contributed by atoms with Crippen LogP contribution in [0.15, 0.2) is 50.9 Å². The van der Waals surface area contributed by atoms with Crippen molar-refractivity contribution in [1.82, 2.24) is 13.5 Å². The Kier molecular flexibility index (Phi) is 6.19. The number of hydrogen-bond acceptors (Lipinski definition) is 6. The fourth-order valence-electron chi connectivity index (χ4n) is 3.91. The fourth-order valence-corrected chi connectivity index (χ4v) is 8.13. The molecule has 2 aliphatic rings. The Morgan fingerprint density at radius 3 is 2.23 bits per heavy atom. The topological polar surface area (TPSA) is 95.1 Å². The van der Waals surface area contributed by atoms with Gasteiger partial charge in [0.05, 0.1) is 4.90 Å². The number of rotatable bonds is 5. The molecule has 31 heavy (non-hydrogen) atoms. The summed E-state index contributed by atoms with van der Waals surface area (Å²) in [5.41, 5.74) is 0. The number of piperazine rings is 1. The molecule has 2 fully saturated rings. The Morgan fingerprint density at radius 1 is 0.935 bits per heavy atom. The number of amides is 1. The molecule has 0 radical (unpaired) electrons. The van der Waals surface area contributed by atoms with Gasteiger partial charge in [0, 0.05) is 32.7 Å². The van der Waals surface area contributed by atoms with Crippen LogP contribution >= 0.6 is 11.3 Å². The van der Waals surface area contributed by atoms with E-state index in [9.17, 15) is 26.0 Å². The van der Waals surface area contributed by atoms with Gasteiger partial charge in [-0.1, -0.05) is 6.07 Å². The van der Waals surface area contributed by atoms with Crippen molar-refractivity contribution in [2.24, 2.45) is 0 Å². The van der Waals surface area contributed by atoms with Gasteiger partial charge in [0.1, 0.15) is 16.1 Å². The quantitative estimate of drug-likeness (QED) is 0.638. The molecule has 2 saturated heterocycles. The van der Waals surface area contributed by atoms with Crippen LogP contribution in [-0.4, -0.2) is 75.0 Å². The third-order valence-electron chi connectivity index (χ3n) is 5.55. The molecule has 2 aliphatic heterocycles. The maximum atomic E-state index is 13.2. The Morgan fingerprint density at radius 2 is 1.61 bits per heavy atom. The molecule has 0 spiro atoms. The smallest absolute Gasteiger partial charge is 0.252 e. The second kappa shape index (κ2) is 8.58. The largest absolute Gasteiger partial charge is 0.339 e. The first-order valence-corrected chi connectivity index (χ1v) is 13.6. The number of halogens is 1. The number of carbonyl (C=O) groups is 1. The molecular formula is C19H22FN3O5S3. The van der Waals surface area contributed by atoms with E-state index >= 15 is 0 Å². The van der Waals surface area contributed by atoms with E-state index in [1.807, 2.05) is 0 Å². The van der Waals surface area contributed by atoms with Crippen LogP contribution in [0.2, 0.25) is 0 Å². The molecule has 12 heteroatoms. The number of benzene rings is 1. The summed E-state index contributed by atoms with van der Waals surface area (Å²) in [5.74, 6) is -0.861. The Hall–Kier alpha value is -1.86. The van der Waals surface area contributed by atoms with Crippen LogP contribution in [0.1, 0.15) is 12.8 Å². The molecule has 1 amide bonds. The molecule has 4 rings (SSSR count). The molecule has 0 unspecified atom stereocenters. The van der Waals surface area contributed by atoms with Crippen LogP contribution in [-0.2, 0) is 24.8 Å². The highest BCUT2D eigenvalue weighted by Crippen LogP contribution is 2.28. The molecule has 0 aliphatic carbocycles. The molecule has 1 aromatic carbocycles. The van der Waals surface area contributed by atoms with E-state index in [2.05, 4.69) is 0 Å². The van der Waals surface area contributed by atoms with E-state index in [0.29, 0.717) is 12.8 Å². The van der Waals surface area contributed by atoms with Crippen molar-refractivity contribution in [3.63, 3.8) is 0 Å². The third-order valence-corrected chi connectivity index (χ3v) is 10.7. The van der Waals surface area contributed by atoms with Gasteiger partial charge in [-0.05, 0) is 48.6 Å². The standard InChI is InChI=1S/C19H22FN3O5S3/c20-15-5-7-16(8-6-15)30(25,26)23-9-1-3-17(23)19(24)21-10-12-22(13-11-21)31(27,28)18-4-2-14-29-18/h2,4-8,14,17H,1,3,9-13H2/t17-/m0/s1. The van der Waals surface area contributed by atoms with Gasteiger partial charge < -0.3 is 4.90 Å². The molecule has 8 nitrogen and oxygen atoms in total. The minimum absolute atomic E-state index is 0.0551. The number of hydrogen-bond donors (Lipinski definition) is 0. The first-order chi connectivity index (χ1) is 14.7. The summed E-state index contributed by atoms with van der Waals surface area (Å²) in [6, 6.07) is 6.93. The average molecular weight is 488 g/mol. The summed E-state index contributed by atoms with van der Waals surface area (Å²) < 4.78 is 67.3. The van der Waals surface area contributed by atoms with Gasteiger partial charge in [-0.3, -0.25) is 4.79 Å². The summed E-state index contributed by atoms with van der Waals surface area (Å²) in [7, 11) is -7.52. The van der Waals surface area contributed by atoms with Gasteiger partial charge in [-0.25, -0.2) is 21.2 Å². The highest BCUT2D eigenvalue weighted by atomic mass is 32.2. The van der Waals surface area contributed by atoms with Crippen LogP contribution in [0.3, 0.4) is 0 Å². The zero-order valence-electron chi connectivity index (χ0n) is 16.6. The molecule has 2 aromatic rings. The summed E-state index contributed by atoms with van der Waals surface area (Å²) in [6.45, 7) is 0.921. The fraction of sp³-hybridized carbons (Fsp3) is 0.421. The lowest BCUT2D eigenvalue weighted by Crippen LogP contribution is -2.55. The van der Waals surface area contributed by atoms with E-state index in [4.69, 9.17) is 0 Å². The van der Waals surface area contributed by atoms with E-state index in [-0.39, 0.29) is 47.7 Å². The predicted molar refractivity (Wildman–Crippen MR) is 113 cm³/mol. The van der Waals surface area contributed by atoms with Crippen molar-refractivity contribution in [3.8, 4) is 0 Å². The van der Waals surface area contributed by atoms with Crippen LogP contribution in [0.25, 0.3) is 0 Å². The second-order valence-electron chi connectivity index (χ2n) is 7.39.